The quantitative estimate of drug-likeness (QED) is 0.163. The third-order valence-corrected chi connectivity index (χ3v) is 14.2. The highest BCUT2D eigenvalue weighted by Crippen LogP contribution is 2.53. The lowest BCUT2D eigenvalue weighted by Crippen LogP contribution is -2.17. The van der Waals surface area contributed by atoms with Crippen molar-refractivity contribution in [2.45, 2.75) is 25.4 Å². The normalized spacial score (nSPS) is 12.8. The van der Waals surface area contributed by atoms with Crippen LogP contribution in [0, 0.1) is 35.8 Å². The van der Waals surface area contributed by atoms with Crippen molar-refractivity contribution in [1.29, 1.82) is 10.5 Å². The first-order chi connectivity index (χ1) is 34.9. The molecule has 12 aromatic rings. The zero-order valence-corrected chi connectivity index (χ0v) is 38.0. The molecule has 1 aliphatic rings. The van der Waals surface area contributed by atoms with E-state index in [1.165, 1.54) is 6.07 Å². The van der Waals surface area contributed by atoms with Crippen LogP contribution < -0.4 is 0 Å². The molecule has 0 saturated heterocycles. The van der Waals surface area contributed by atoms with Crippen molar-refractivity contribution < 1.29 is 13.2 Å². The topological polar surface area (TPSA) is 110 Å². The highest BCUT2D eigenvalue weighted by Gasteiger charge is 2.39. The molecule has 0 aliphatic heterocycles. The SMILES string of the molecule is [C-]#[N+]c1ccc2c(c1)c1cc([N+]#[C-])ccc1n2-c1nc(-c2cc(C(F)(F)F)ccc2-n2c3ccccc3c3ccc4c(c32)C(C)(C)c2ccccc2-4)nc(-n2c3ccc(C#N)cc3c3cc(C#N)ccc32)n1. The van der Waals surface area contributed by atoms with Crippen LogP contribution in [-0.4, -0.2) is 28.7 Å². The zero-order valence-electron chi connectivity index (χ0n) is 38.0. The van der Waals surface area contributed by atoms with Crippen molar-refractivity contribution in [2.75, 3.05) is 0 Å². The number of hydrogen-bond acceptors (Lipinski definition) is 5. The second-order valence-corrected chi connectivity index (χ2v) is 18.4. The van der Waals surface area contributed by atoms with E-state index in [1.54, 1.807) is 81.9 Å². The van der Waals surface area contributed by atoms with Crippen LogP contribution >= 0.6 is 0 Å². The molecule has 8 aromatic carbocycles. The van der Waals surface area contributed by atoms with Crippen molar-refractivity contribution in [3.8, 4) is 52.2 Å². The van der Waals surface area contributed by atoms with E-state index in [1.807, 2.05) is 41.0 Å². The summed E-state index contributed by atoms with van der Waals surface area (Å²) < 4.78 is 51.5. The second-order valence-electron chi connectivity index (χ2n) is 18.4. The Morgan fingerprint density at radius 3 is 1.64 bits per heavy atom. The van der Waals surface area contributed by atoms with Gasteiger partial charge in [0.05, 0.1) is 80.8 Å². The van der Waals surface area contributed by atoms with E-state index in [9.17, 15) is 10.5 Å². The molecule has 0 spiro atoms. The van der Waals surface area contributed by atoms with Crippen molar-refractivity contribution in [2.24, 2.45) is 0 Å². The smallest absolute Gasteiger partial charge is 0.308 e. The molecule has 4 heterocycles. The van der Waals surface area contributed by atoms with E-state index < -0.39 is 17.2 Å². The van der Waals surface area contributed by atoms with Gasteiger partial charge in [-0.2, -0.15) is 38.6 Å². The molecule has 0 N–H and O–H groups in total. The number of para-hydroxylation sites is 1. The van der Waals surface area contributed by atoms with Gasteiger partial charge in [0.25, 0.3) is 0 Å². The minimum Gasteiger partial charge on any atom is -0.308 e. The fraction of sp³-hybridized carbons (Fsp3) is 0.0678. The maximum Gasteiger partial charge on any atom is 0.416 e. The molecule has 4 aromatic heterocycles. The van der Waals surface area contributed by atoms with Gasteiger partial charge in [-0.15, -0.1) is 0 Å². The van der Waals surface area contributed by atoms with Crippen LogP contribution in [0.1, 0.15) is 41.7 Å². The Bertz CT molecular complexity index is 4290. The monoisotopic (exact) mass is 936 g/mol. The predicted octanol–water partition coefficient (Wildman–Crippen LogP) is 15.0. The van der Waals surface area contributed by atoms with Gasteiger partial charge in [-0.05, 0) is 118 Å². The van der Waals surface area contributed by atoms with Gasteiger partial charge in [0.15, 0.2) is 17.2 Å². The van der Waals surface area contributed by atoms with Gasteiger partial charge in [-0.3, -0.25) is 9.13 Å². The molecule has 0 bridgehead atoms. The molecule has 13 heteroatoms. The molecule has 0 saturated carbocycles. The average molecular weight is 937 g/mol. The van der Waals surface area contributed by atoms with Crippen LogP contribution in [0.15, 0.2) is 152 Å². The van der Waals surface area contributed by atoms with E-state index in [4.69, 9.17) is 28.1 Å². The first-order valence-electron chi connectivity index (χ1n) is 22.8. The standard InChI is InChI=1S/C59H31F3N10/c1-58(2)46-11-7-5-9-37(46)39-18-19-40-38-10-6-8-12-47(38)70(54(40)53(39)58)52-22-15-34(59(60,61)62)27-45(52)55-67-56(71-48-20-13-32(30-63)25-41(48)42-26-33(31-64)14-21-49(42)71)69-57(68-55)72-50-23-16-35(65-3)28-43(50)44-29-36(66-4)17-24-51(44)72/h5-29H,1-2H3. The number of fused-ring (bicyclic) bond motifs is 13. The molecule has 1 aliphatic carbocycles. The van der Waals surface area contributed by atoms with Gasteiger partial charge in [0.1, 0.15) is 0 Å². The fourth-order valence-electron chi connectivity index (χ4n) is 11.1. The molecule has 72 heavy (non-hydrogen) atoms. The minimum atomic E-state index is -4.77. The second kappa shape index (κ2) is 15.0. The number of benzene rings is 8. The maximum absolute atomic E-state index is 15.3. The number of nitriles is 2. The summed E-state index contributed by atoms with van der Waals surface area (Å²) in [6.07, 6.45) is -4.77. The summed E-state index contributed by atoms with van der Waals surface area (Å²) in [6.45, 7) is 20.0. The summed E-state index contributed by atoms with van der Waals surface area (Å²) in [5, 5.41) is 24.4. The highest BCUT2D eigenvalue weighted by molar-refractivity contribution is 6.14. The summed E-state index contributed by atoms with van der Waals surface area (Å²) in [7, 11) is 0. The molecular formula is C59H31F3N10. The lowest BCUT2D eigenvalue weighted by Gasteiger charge is -2.24. The summed E-state index contributed by atoms with van der Waals surface area (Å²) in [4.78, 5) is 22.9. The molecule has 10 nitrogen and oxygen atoms in total. The number of rotatable bonds is 4. The van der Waals surface area contributed by atoms with Crippen LogP contribution in [0.4, 0.5) is 24.5 Å². The Balaban J connectivity index is 1.19. The number of nitrogens with zero attached hydrogens (tertiary/aromatic N) is 10. The fourth-order valence-corrected chi connectivity index (χ4v) is 11.1. The van der Waals surface area contributed by atoms with Gasteiger partial charge < -0.3 is 4.57 Å². The molecule has 0 radical (unpaired) electrons. The Morgan fingerprint density at radius 1 is 0.514 bits per heavy atom. The van der Waals surface area contributed by atoms with Crippen molar-refractivity contribution >= 4 is 76.8 Å². The van der Waals surface area contributed by atoms with Gasteiger partial charge >= 0.3 is 6.18 Å². The summed E-state index contributed by atoms with van der Waals surface area (Å²) in [6, 6.07) is 49.1. The predicted molar refractivity (Wildman–Crippen MR) is 273 cm³/mol. The van der Waals surface area contributed by atoms with Crippen LogP contribution in [0.3, 0.4) is 0 Å². The number of aromatic nitrogens is 6. The highest BCUT2D eigenvalue weighted by atomic mass is 19.4. The lowest BCUT2D eigenvalue weighted by molar-refractivity contribution is -0.137. The van der Waals surface area contributed by atoms with Gasteiger partial charge in [-0.1, -0.05) is 80.6 Å². The van der Waals surface area contributed by atoms with E-state index in [0.29, 0.717) is 71.8 Å². The molecular weight excluding hydrogens is 906 g/mol. The van der Waals surface area contributed by atoms with Crippen LogP contribution in [-0.2, 0) is 11.6 Å². The van der Waals surface area contributed by atoms with Gasteiger partial charge in [0, 0.05) is 32.5 Å². The van der Waals surface area contributed by atoms with Crippen LogP contribution in [0.25, 0.3) is 115 Å². The van der Waals surface area contributed by atoms with E-state index in [-0.39, 0.29) is 23.3 Å². The van der Waals surface area contributed by atoms with Crippen molar-refractivity contribution in [3.05, 3.63) is 202 Å². The Labute approximate surface area is 407 Å². The third-order valence-electron chi connectivity index (χ3n) is 14.2. The molecule has 338 valence electrons. The minimum absolute atomic E-state index is 0.0398. The van der Waals surface area contributed by atoms with Crippen molar-refractivity contribution in [3.63, 3.8) is 0 Å². The summed E-state index contributed by atoms with van der Waals surface area (Å²) in [5.74, 6) is -0.000459. The van der Waals surface area contributed by atoms with Gasteiger partial charge in [-0.25, -0.2) is 9.69 Å². The average Bonchev–Trinajstić information content (AvgIpc) is 4.10. The van der Waals surface area contributed by atoms with Gasteiger partial charge in [0.2, 0.25) is 11.9 Å². The lowest BCUT2D eigenvalue weighted by atomic mass is 9.81. The Kier molecular flexibility index (Phi) is 8.74. The largest absolute Gasteiger partial charge is 0.416 e. The van der Waals surface area contributed by atoms with E-state index >= 15 is 13.2 Å². The first kappa shape index (κ1) is 42.1. The van der Waals surface area contributed by atoms with E-state index in [0.717, 1.165) is 56.2 Å². The molecule has 0 unspecified atom stereocenters. The summed E-state index contributed by atoms with van der Waals surface area (Å²) in [5.41, 5.74) is 8.68. The zero-order chi connectivity index (χ0) is 49.4. The third kappa shape index (κ3) is 5.89. The Morgan fingerprint density at radius 2 is 1.06 bits per heavy atom. The number of hydrogen-bond donors (Lipinski definition) is 0. The maximum atomic E-state index is 15.3. The molecule has 0 amide bonds. The number of halogens is 3. The Hall–Kier alpha value is -10.1. The van der Waals surface area contributed by atoms with Crippen LogP contribution in [0.2, 0.25) is 0 Å². The molecule has 0 atom stereocenters. The summed E-state index contributed by atoms with van der Waals surface area (Å²) >= 11 is 0. The van der Waals surface area contributed by atoms with Crippen LogP contribution in [0.5, 0.6) is 0 Å². The van der Waals surface area contributed by atoms with Crippen molar-refractivity contribution in [1.82, 2.24) is 28.7 Å². The molecule has 13 rings (SSSR count). The number of alkyl halides is 3. The van der Waals surface area contributed by atoms with E-state index in [2.05, 4.69) is 59.9 Å². The first-order valence-corrected chi connectivity index (χ1v) is 22.8. The molecule has 0 fully saturated rings.